The van der Waals surface area contributed by atoms with Crippen LogP contribution in [-0.4, -0.2) is 71.1 Å². The van der Waals surface area contributed by atoms with Crippen LogP contribution in [0.25, 0.3) is 0 Å². The van der Waals surface area contributed by atoms with Gasteiger partial charge in [0.25, 0.3) is 0 Å². The van der Waals surface area contributed by atoms with Gasteiger partial charge in [0, 0.05) is 25.2 Å². The second-order valence-corrected chi connectivity index (χ2v) is 9.51. The summed E-state index contributed by atoms with van der Waals surface area (Å²) in [5.41, 5.74) is 7.73. The topological polar surface area (TPSA) is 110 Å². The fraction of sp³-hybridized carbons (Fsp3) is 0.682. The number of hydrogen-bond donors (Lipinski definition) is 3. The molecule has 0 spiro atoms. The van der Waals surface area contributed by atoms with Crippen LogP contribution in [0.5, 0.6) is 0 Å². The molecule has 1 aliphatic carbocycles. The van der Waals surface area contributed by atoms with Crippen LogP contribution in [-0.2, 0) is 9.47 Å². The molecule has 0 radical (unpaired) electrons. The molecule has 3 aliphatic heterocycles. The second-order valence-electron chi connectivity index (χ2n) is 9.10. The Hall–Kier alpha value is -2.10. The van der Waals surface area contributed by atoms with Gasteiger partial charge >= 0.3 is 0 Å². The lowest BCUT2D eigenvalue weighted by Gasteiger charge is -2.38. The molecule has 174 valence electrons. The lowest BCUT2D eigenvalue weighted by molar-refractivity contribution is 0.00297. The third-order valence-corrected chi connectivity index (χ3v) is 7.19. The Bertz CT molecular complexity index is 900. The van der Waals surface area contributed by atoms with E-state index in [2.05, 4.69) is 25.5 Å². The van der Waals surface area contributed by atoms with Gasteiger partial charge < -0.3 is 25.8 Å². The number of halogens is 1. The van der Waals surface area contributed by atoms with Crippen molar-refractivity contribution in [1.29, 1.82) is 0 Å². The van der Waals surface area contributed by atoms with Crippen molar-refractivity contribution in [2.75, 3.05) is 36.9 Å². The van der Waals surface area contributed by atoms with Gasteiger partial charge in [-0.2, -0.15) is 4.98 Å². The molecule has 0 aromatic carbocycles. The van der Waals surface area contributed by atoms with Crippen LogP contribution < -0.4 is 16.4 Å². The SMILES string of the molecule is CC(=NC1CCC(N2CC3CC2CO3)CC1)C1=C(N)OCCCNc2nc(ncc2Cl)N1. The Morgan fingerprint density at radius 2 is 2.12 bits per heavy atom. The maximum atomic E-state index is 6.29. The average molecular weight is 462 g/mol. The predicted molar refractivity (Wildman–Crippen MR) is 125 cm³/mol. The highest BCUT2D eigenvalue weighted by molar-refractivity contribution is 6.32. The summed E-state index contributed by atoms with van der Waals surface area (Å²) in [4.78, 5) is 16.5. The zero-order valence-corrected chi connectivity index (χ0v) is 19.3. The third-order valence-electron chi connectivity index (χ3n) is 6.91. The van der Waals surface area contributed by atoms with Gasteiger partial charge in [0.1, 0.15) is 10.7 Å². The molecular weight excluding hydrogens is 430 g/mol. The van der Waals surface area contributed by atoms with Crippen molar-refractivity contribution in [2.24, 2.45) is 10.7 Å². The van der Waals surface area contributed by atoms with Crippen molar-refractivity contribution in [3.63, 3.8) is 0 Å². The maximum absolute atomic E-state index is 6.29. The Balaban J connectivity index is 1.28. The molecule has 1 aromatic heterocycles. The van der Waals surface area contributed by atoms with Crippen LogP contribution in [0.4, 0.5) is 11.8 Å². The number of rotatable bonds is 3. The number of hydrogen-bond acceptors (Lipinski definition) is 9. The molecule has 2 saturated heterocycles. The normalized spacial score (nSPS) is 31.5. The van der Waals surface area contributed by atoms with Crippen LogP contribution in [0.1, 0.15) is 45.4 Å². The van der Waals surface area contributed by atoms with E-state index in [1.54, 1.807) is 6.20 Å². The van der Waals surface area contributed by atoms with Crippen molar-refractivity contribution in [1.82, 2.24) is 14.9 Å². The first-order valence-corrected chi connectivity index (χ1v) is 12.0. The Kier molecular flexibility index (Phi) is 6.39. The minimum Gasteiger partial charge on any atom is -0.478 e. The standard InChI is InChI=1S/C22H32ClN7O2/c1-13(27-14-3-5-15(6-4-14)30-11-17-9-16(30)12-32-17)19-20(24)31-8-2-7-25-21-18(23)10-26-22(28-19)29-21/h10,14-17H,2-9,11-12,24H2,1H3,(H2,25,26,28,29). The van der Waals surface area contributed by atoms with Gasteiger partial charge in [0.05, 0.1) is 37.3 Å². The molecule has 4 aliphatic rings. The number of ether oxygens (including phenoxy) is 2. The summed E-state index contributed by atoms with van der Waals surface area (Å²) in [6, 6.07) is 1.58. The number of likely N-dealkylation sites (tertiary alicyclic amines) is 1. The van der Waals surface area contributed by atoms with Crippen molar-refractivity contribution >= 4 is 29.1 Å². The van der Waals surface area contributed by atoms with Gasteiger partial charge in [-0.15, -0.1) is 0 Å². The van der Waals surface area contributed by atoms with Crippen LogP contribution in [0, 0.1) is 0 Å². The van der Waals surface area contributed by atoms with Gasteiger partial charge in [-0.3, -0.25) is 9.89 Å². The molecule has 3 fully saturated rings. The third kappa shape index (κ3) is 4.65. The molecule has 2 unspecified atom stereocenters. The van der Waals surface area contributed by atoms with Gasteiger partial charge in [0.2, 0.25) is 11.8 Å². The molecule has 4 heterocycles. The summed E-state index contributed by atoms with van der Waals surface area (Å²) >= 11 is 6.21. The van der Waals surface area contributed by atoms with Gasteiger partial charge in [-0.05, 0) is 45.4 Å². The highest BCUT2D eigenvalue weighted by atomic mass is 35.5. The molecule has 32 heavy (non-hydrogen) atoms. The minimum atomic E-state index is 0.283. The number of aliphatic imine (C=N–C) groups is 1. The number of nitrogens with one attached hydrogen (secondary N) is 2. The molecule has 1 aromatic rings. The van der Waals surface area contributed by atoms with Crippen molar-refractivity contribution < 1.29 is 9.47 Å². The van der Waals surface area contributed by atoms with E-state index in [0.717, 1.165) is 38.1 Å². The summed E-state index contributed by atoms with van der Waals surface area (Å²) in [7, 11) is 0. The van der Waals surface area contributed by atoms with E-state index in [9.17, 15) is 0 Å². The van der Waals surface area contributed by atoms with Crippen LogP contribution >= 0.6 is 11.6 Å². The molecule has 9 nitrogen and oxygen atoms in total. The monoisotopic (exact) mass is 461 g/mol. The van der Waals surface area contributed by atoms with Crippen molar-refractivity contribution in [2.45, 2.75) is 69.7 Å². The Morgan fingerprint density at radius 3 is 2.88 bits per heavy atom. The number of allylic oxidation sites excluding steroid dienone is 1. The Labute approximate surface area is 193 Å². The van der Waals surface area contributed by atoms with Crippen molar-refractivity contribution in [3.05, 3.63) is 22.8 Å². The van der Waals surface area contributed by atoms with E-state index in [0.29, 0.717) is 59.7 Å². The summed E-state index contributed by atoms with van der Waals surface area (Å²) in [6.45, 7) is 5.15. The van der Waals surface area contributed by atoms with Crippen LogP contribution in [0.2, 0.25) is 5.02 Å². The number of nitrogens with zero attached hydrogens (tertiary/aromatic N) is 4. The summed E-state index contributed by atoms with van der Waals surface area (Å²) in [6.07, 6.45) is 8.54. The lowest BCUT2D eigenvalue weighted by atomic mass is 9.90. The second kappa shape index (κ2) is 9.41. The highest BCUT2D eigenvalue weighted by Gasteiger charge is 2.42. The number of nitrogens with two attached hydrogens (primary N) is 1. The number of aromatic nitrogens is 2. The van der Waals surface area contributed by atoms with E-state index in [-0.39, 0.29) is 6.04 Å². The molecule has 5 rings (SSSR count). The largest absolute Gasteiger partial charge is 0.478 e. The number of morpholine rings is 1. The summed E-state index contributed by atoms with van der Waals surface area (Å²) < 4.78 is 11.6. The molecule has 4 N–H and O–H groups in total. The highest BCUT2D eigenvalue weighted by Crippen LogP contribution is 2.35. The zero-order chi connectivity index (χ0) is 22.1. The smallest absolute Gasteiger partial charge is 0.229 e. The van der Waals surface area contributed by atoms with Crippen LogP contribution in [0.15, 0.2) is 22.8 Å². The number of anilines is 2. The van der Waals surface area contributed by atoms with E-state index in [1.807, 2.05) is 6.92 Å². The molecular formula is C22H32ClN7O2. The van der Waals surface area contributed by atoms with Crippen molar-refractivity contribution in [3.8, 4) is 0 Å². The predicted octanol–water partition coefficient (Wildman–Crippen LogP) is 2.75. The van der Waals surface area contributed by atoms with E-state index < -0.39 is 0 Å². The summed E-state index contributed by atoms with van der Waals surface area (Å²) in [5.74, 6) is 1.32. The maximum Gasteiger partial charge on any atom is 0.229 e. The fourth-order valence-electron chi connectivity index (χ4n) is 5.26. The fourth-order valence-corrected chi connectivity index (χ4v) is 5.42. The first kappa shape index (κ1) is 21.7. The Morgan fingerprint density at radius 1 is 1.28 bits per heavy atom. The number of fused-ring (bicyclic) bond motifs is 4. The zero-order valence-electron chi connectivity index (χ0n) is 18.5. The lowest BCUT2D eigenvalue weighted by Crippen LogP contribution is -2.46. The molecule has 1 saturated carbocycles. The molecule has 4 bridgehead atoms. The molecule has 10 heteroatoms. The first-order chi connectivity index (χ1) is 15.6. The first-order valence-electron chi connectivity index (χ1n) is 11.6. The van der Waals surface area contributed by atoms with E-state index in [1.165, 1.54) is 19.3 Å². The van der Waals surface area contributed by atoms with Gasteiger partial charge in [-0.1, -0.05) is 11.6 Å². The quantitative estimate of drug-likeness (QED) is 0.589. The van der Waals surface area contributed by atoms with E-state index in [4.69, 9.17) is 31.8 Å². The summed E-state index contributed by atoms with van der Waals surface area (Å²) in [5, 5.41) is 6.90. The average Bonchev–Trinajstić information content (AvgIpc) is 3.42. The molecule has 2 atom stereocenters. The van der Waals surface area contributed by atoms with Crippen LogP contribution in [0.3, 0.4) is 0 Å². The minimum absolute atomic E-state index is 0.283. The van der Waals surface area contributed by atoms with E-state index >= 15 is 0 Å². The molecule has 0 amide bonds. The van der Waals surface area contributed by atoms with Gasteiger partial charge in [0.15, 0.2) is 5.82 Å². The van der Waals surface area contributed by atoms with Gasteiger partial charge in [-0.25, -0.2) is 4.98 Å².